The first kappa shape index (κ1) is 15.7. The predicted molar refractivity (Wildman–Crippen MR) is 81.6 cm³/mol. The van der Waals surface area contributed by atoms with Crippen molar-refractivity contribution < 1.29 is 18.7 Å². The second kappa shape index (κ2) is 6.85. The highest BCUT2D eigenvalue weighted by Gasteiger charge is 2.15. The summed E-state index contributed by atoms with van der Waals surface area (Å²) in [6.45, 7) is 3.02. The third-order valence-electron chi connectivity index (χ3n) is 3.01. The largest absolute Gasteiger partial charge is 0.481 e. The molecule has 0 saturated carbocycles. The molecule has 2 rings (SSSR count). The number of hydrogen-bond acceptors (Lipinski definition) is 3. The van der Waals surface area contributed by atoms with E-state index in [-0.39, 0.29) is 17.4 Å². The molecule has 0 bridgehead atoms. The number of nitrogens with one attached hydrogen (secondary N) is 1. The van der Waals surface area contributed by atoms with Crippen LogP contribution in [0, 0.1) is 5.82 Å². The minimum Gasteiger partial charge on any atom is -0.481 e. The van der Waals surface area contributed by atoms with Crippen LogP contribution in [-0.2, 0) is 4.79 Å². The first-order chi connectivity index (χ1) is 10.5. The van der Waals surface area contributed by atoms with E-state index in [2.05, 4.69) is 5.32 Å². The van der Waals surface area contributed by atoms with Gasteiger partial charge in [0, 0.05) is 17.3 Å². The molecule has 0 radical (unpaired) electrons. The zero-order valence-corrected chi connectivity index (χ0v) is 12.3. The molecule has 0 aliphatic rings. The normalized spacial score (nSPS) is 11.6. The topological polar surface area (TPSA) is 55.4 Å². The standard InChI is InChI=1S/C17H16FNO3/c1-11(20)13-5-3-7-15(9-13)19-17(21)12(2)22-16-8-4-6-14(18)10-16/h3-10,12H,1-2H3,(H,19,21). The van der Waals surface area contributed by atoms with Crippen LogP contribution >= 0.6 is 0 Å². The highest BCUT2D eigenvalue weighted by atomic mass is 19.1. The second-order valence-corrected chi connectivity index (χ2v) is 4.84. The van der Waals surface area contributed by atoms with Crippen molar-refractivity contribution >= 4 is 17.4 Å². The Balaban J connectivity index is 2.02. The molecule has 0 aliphatic carbocycles. The van der Waals surface area contributed by atoms with Crippen LogP contribution in [0.5, 0.6) is 5.75 Å². The molecule has 114 valence electrons. The number of amides is 1. The van der Waals surface area contributed by atoms with E-state index in [1.54, 1.807) is 37.3 Å². The van der Waals surface area contributed by atoms with Crippen molar-refractivity contribution in [2.24, 2.45) is 0 Å². The minimum atomic E-state index is -0.803. The summed E-state index contributed by atoms with van der Waals surface area (Å²) in [6.07, 6.45) is -0.803. The number of ketones is 1. The average Bonchev–Trinajstić information content (AvgIpc) is 2.47. The lowest BCUT2D eigenvalue weighted by atomic mass is 10.1. The molecule has 0 aromatic heterocycles. The van der Waals surface area contributed by atoms with Crippen molar-refractivity contribution in [3.05, 3.63) is 59.9 Å². The van der Waals surface area contributed by atoms with Crippen molar-refractivity contribution in [3.8, 4) is 5.75 Å². The van der Waals surface area contributed by atoms with Crippen LogP contribution in [0.3, 0.4) is 0 Å². The first-order valence-corrected chi connectivity index (χ1v) is 6.80. The van der Waals surface area contributed by atoms with Crippen molar-refractivity contribution in [3.63, 3.8) is 0 Å². The number of rotatable bonds is 5. The third-order valence-corrected chi connectivity index (χ3v) is 3.01. The van der Waals surface area contributed by atoms with E-state index in [4.69, 9.17) is 4.74 Å². The predicted octanol–water partition coefficient (Wildman–Crippen LogP) is 3.43. The molecular formula is C17H16FNO3. The SMILES string of the molecule is CC(=O)c1cccc(NC(=O)C(C)Oc2cccc(F)c2)c1. The number of halogens is 1. The van der Waals surface area contributed by atoms with E-state index >= 15 is 0 Å². The van der Waals surface area contributed by atoms with Crippen LogP contribution in [0.15, 0.2) is 48.5 Å². The van der Waals surface area contributed by atoms with Crippen LogP contribution in [-0.4, -0.2) is 17.8 Å². The fourth-order valence-electron chi connectivity index (χ4n) is 1.86. The Morgan fingerprint density at radius 3 is 2.55 bits per heavy atom. The Morgan fingerprint density at radius 1 is 1.14 bits per heavy atom. The van der Waals surface area contributed by atoms with Gasteiger partial charge in [-0.3, -0.25) is 9.59 Å². The van der Waals surface area contributed by atoms with Gasteiger partial charge in [0.1, 0.15) is 11.6 Å². The van der Waals surface area contributed by atoms with Crippen LogP contribution in [0.4, 0.5) is 10.1 Å². The summed E-state index contributed by atoms with van der Waals surface area (Å²) < 4.78 is 18.5. The van der Waals surface area contributed by atoms with Gasteiger partial charge in [0.2, 0.25) is 0 Å². The van der Waals surface area contributed by atoms with Gasteiger partial charge in [-0.25, -0.2) is 4.39 Å². The van der Waals surface area contributed by atoms with E-state index in [1.165, 1.54) is 25.1 Å². The van der Waals surface area contributed by atoms with Crippen LogP contribution in [0.25, 0.3) is 0 Å². The van der Waals surface area contributed by atoms with Crippen molar-refractivity contribution in [2.75, 3.05) is 5.32 Å². The monoisotopic (exact) mass is 301 g/mol. The van der Waals surface area contributed by atoms with Crippen molar-refractivity contribution in [1.82, 2.24) is 0 Å². The fraction of sp³-hybridized carbons (Fsp3) is 0.176. The summed E-state index contributed by atoms with van der Waals surface area (Å²) in [7, 11) is 0. The van der Waals surface area contributed by atoms with Gasteiger partial charge in [-0.1, -0.05) is 18.2 Å². The number of anilines is 1. The van der Waals surface area contributed by atoms with E-state index < -0.39 is 11.9 Å². The summed E-state index contributed by atoms with van der Waals surface area (Å²) in [4.78, 5) is 23.4. The van der Waals surface area contributed by atoms with Gasteiger partial charge in [0.05, 0.1) is 0 Å². The Labute approximate surface area is 127 Å². The fourth-order valence-corrected chi connectivity index (χ4v) is 1.86. The molecule has 2 aromatic carbocycles. The summed E-state index contributed by atoms with van der Waals surface area (Å²) in [5.41, 5.74) is 1.02. The number of ether oxygens (including phenoxy) is 1. The highest BCUT2D eigenvalue weighted by molar-refractivity contribution is 5.98. The molecule has 22 heavy (non-hydrogen) atoms. The summed E-state index contributed by atoms with van der Waals surface area (Å²) in [5, 5.41) is 2.66. The van der Waals surface area contributed by atoms with Crippen molar-refractivity contribution in [1.29, 1.82) is 0 Å². The lowest BCUT2D eigenvalue weighted by molar-refractivity contribution is -0.122. The van der Waals surface area contributed by atoms with Gasteiger partial charge >= 0.3 is 0 Å². The Bertz CT molecular complexity index is 700. The number of hydrogen-bond donors (Lipinski definition) is 1. The lowest BCUT2D eigenvalue weighted by Crippen LogP contribution is -2.30. The zero-order chi connectivity index (χ0) is 16.1. The third kappa shape index (κ3) is 4.15. The smallest absolute Gasteiger partial charge is 0.265 e. The molecule has 1 unspecified atom stereocenters. The molecule has 1 atom stereocenters. The van der Waals surface area contributed by atoms with Gasteiger partial charge in [-0.2, -0.15) is 0 Å². The molecule has 5 heteroatoms. The van der Waals surface area contributed by atoms with E-state index in [9.17, 15) is 14.0 Å². The molecule has 4 nitrogen and oxygen atoms in total. The first-order valence-electron chi connectivity index (χ1n) is 6.80. The number of carbonyl (C=O) groups excluding carboxylic acids is 2. The number of carbonyl (C=O) groups is 2. The molecular weight excluding hydrogens is 285 g/mol. The van der Waals surface area contributed by atoms with Gasteiger partial charge in [0.25, 0.3) is 5.91 Å². The summed E-state index contributed by atoms with van der Waals surface area (Å²) >= 11 is 0. The van der Waals surface area contributed by atoms with Crippen LogP contribution in [0.2, 0.25) is 0 Å². The lowest BCUT2D eigenvalue weighted by Gasteiger charge is -2.15. The molecule has 0 fully saturated rings. The highest BCUT2D eigenvalue weighted by Crippen LogP contribution is 2.16. The van der Waals surface area contributed by atoms with Gasteiger partial charge < -0.3 is 10.1 Å². The maximum absolute atomic E-state index is 13.1. The molecule has 0 saturated heterocycles. The molecule has 0 heterocycles. The van der Waals surface area contributed by atoms with Crippen LogP contribution < -0.4 is 10.1 Å². The molecule has 1 amide bonds. The molecule has 2 aromatic rings. The Hall–Kier alpha value is -2.69. The van der Waals surface area contributed by atoms with Gasteiger partial charge in [-0.05, 0) is 38.1 Å². The number of benzene rings is 2. The summed E-state index contributed by atoms with van der Waals surface area (Å²) in [6, 6.07) is 12.2. The maximum atomic E-state index is 13.1. The minimum absolute atomic E-state index is 0.0832. The molecule has 1 N–H and O–H groups in total. The van der Waals surface area contributed by atoms with Crippen molar-refractivity contribution in [2.45, 2.75) is 20.0 Å². The second-order valence-electron chi connectivity index (χ2n) is 4.84. The van der Waals surface area contributed by atoms with Gasteiger partial charge in [-0.15, -0.1) is 0 Å². The maximum Gasteiger partial charge on any atom is 0.265 e. The average molecular weight is 301 g/mol. The zero-order valence-electron chi connectivity index (χ0n) is 12.3. The quantitative estimate of drug-likeness (QED) is 0.861. The van der Waals surface area contributed by atoms with Gasteiger partial charge in [0.15, 0.2) is 11.9 Å². The van der Waals surface area contributed by atoms with E-state index in [0.29, 0.717) is 11.3 Å². The Morgan fingerprint density at radius 2 is 1.86 bits per heavy atom. The molecule has 0 spiro atoms. The number of Topliss-reactive ketones (excluding diaryl/α,β-unsaturated/α-hetero) is 1. The summed E-state index contributed by atoms with van der Waals surface area (Å²) in [5.74, 6) is -0.621. The van der Waals surface area contributed by atoms with Crippen LogP contribution in [0.1, 0.15) is 24.2 Å². The van der Waals surface area contributed by atoms with E-state index in [1.807, 2.05) is 0 Å². The molecule has 0 aliphatic heterocycles. The Kier molecular flexibility index (Phi) is 4.88. The van der Waals surface area contributed by atoms with E-state index in [0.717, 1.165) is 0 Å².